The normalized spacial score (nSPS) is 32.1. The van der Waals surface area contributed by atoms with Crippen molar-refractivity contribution in [3.63, 3.8) is 0 Å². The molecule has 2 rings (SSSR count). The Labute approximate surface area is 104 Å². The first-order chi connectivity index (χ1) is 8.29. The quantitative estimate of drug-likeness (QED) is 0.753. The van der Waals surface area contributed by atoms with Crippen LogP contribution in [0.2, 0.25) is 0 Å². The Morgan fingerprint density at radius 1 is 1.12 bits per heavy atom. The Bertz CT molecular complexity index is 222. The summed E-state index contributed by atoms with van der Waals surface area (Å²) in [6.07, 6.45) is 9.46. The number of rotatable bonds is 5. The largest absolute Gasteiger partial charge is 0.392 e. The zero-order valence-electron chi connectivity index (χ0n) is 11.0. The molecule has 2 saturated carbocycles. The van der Waals surface area contributed by atoms with Gasteiger partial charge in [-0.15, -0.1) is 0 Å². The van der Waals surface area contributed by atoms with E-state index in [0.717, 1.165) is 38.9 Å². The van der Waals surface area contributed by atoms with Gasteiger partial charge in [-0.05, 0) is 19.3 Å². The van der Waals surface area contributed by atoms with Crippen LogP contribution in [0.5, 0.6) is 0 Å². The van der Waals surface area contributed by atoms with E-state index in [1.54, 1.807) is 7.11 Å². The van der Waals surface area contributed by atoms with Gasteiger partial charge in [0.15, 0.2) is 0 Å². The van der Waals surface area contributed by atoms with Crippen molar-refractivity contribution in [1.82, 2.24) is 0 Å². The Kier molecular flexibility index (Phi) is 4.83. The molecule has 3 nitrogen and oxygen atoms in total. The summed E-state index contributed by atoms with van der Waals surface area (Å²) in [4.78, 5) is 0. The zero-order valence-corrected chi connectivity index (χ0v) is 11.0. The number of aliphatic hydroxyl groups excluding tert-OH is 1. The van der Waals surface area contributed by atoms with Crippen LogP contribution >= 0.6 is 0 Å². The van der Waals surface area contributed by atoms with Crippen LogP contribution in [0.15, 0.2) is 0 Å². The molecule has 0 bridgehead atoms. The van der Waals surface area contributed by atoms with E-state index in [0.29, 0.717) is 6.10 Å². The van der Waals surface area contributed by atoms with Crippen LogP contribution in [0.25, 0.3) is 0 Å². The number of aliphatic hydroxyl groups is 1. The first-order valence-electron chi connectivity index (χ1n) is 7.08. The summed E-state index contributed by atoms with van der Waals surface area (Å²) >= 11 is 0. The summed E-state index contributed by atoms with van der Waals surface area (Å²) in [6, 6.07) is 0. The maximum absolute atomic E-state index is 10.1. The summed E-state index contributed by atoms with van der Waals surface area (Å²) in [5, 5.41) is 10.1. The van der Waals surface area contributed by atoms with Crippen LogP contribution < -0.4 is 0 Å². The summed E-state index contributed by atoms with van der Waals surface area (Å²) in [6.45, 7) is 1.54. The fourth-order valence-corrected chi connectivity index (χ4v) is 3.43. The van der Waals surface area contributed by atoms with Crippen LogP contribution in [0, 0.1) is 5.41 Å². The molecule has 1 N–H and O–H groups in total. The molecule has 3 heteroatoms. The highest BCUT2D eigenvalue weighted by atomic mass is 16.5. The fourth-order valence-electron chi connectivity index (χ4n) is 3.43. The molecular weight excluding hydrogens is 216 g/mol. The van der Waals surface area contributed by atoms with Gasteiger partial charge in [-0.25, -0.2) is 0 Å². The lowest BCUT2D eigenvalue weighted by molar-refractivity contribution is -0.199. The van der Waals surface area contributed by atoms with Gasteiger partial charge in [0, 0.05) is 32.2 Å². The Morgan fingerprint density at radius 3 is 2.41 bits per heavy atom. The molecular formula is C14H26O3. The van der Waals surface area contributed by atoms with E-state index in [1.807, 2.05) is 0 Å². The first-order valence-corrected chi connectivity index (χ1v) is 7.08. The first kappa shape index (κ1) is 13.3. The van der Waals surface area contributed by atoms with Crippen LogP contribution in [0.3, 0.4) is 0 Å². The van der Waals surface area contributed by atoms with Crippen LogP contribution in [-0.4, -0.2) is 37.6 Å². The van der Waals surface area contributed by atoms with Gasteiger partial charge in [0.05, 0.1) is 12.2 Å². The van der Waals surface area contributed by atoms with Crippen molar-refractivity contribution >= 4 is 0 Å². The second-order valence-electron chi connectivity index (χ2n) is 5.60. The molecule has 2 unspecified atom stereocenters. The molecule has 2 atom stereocenters. The second kappa shape index (κ2) is 6.17. The molecule has 17 heavy (non-hydrogen) atoms. The standard InChI is InChI=1S/C14H26O3/c1-16-9-6-10-17-13-11-12(15)14(13)7-4-2-3-5-8-14/h12-13,15H,2-11H2,1H3. The van der Waals surface area contributed by atoms with E-state index in [1.165, 1.54) is 25.7 Å². The van der Waals surface area contributed by atoms with E-state index in [4.69, 9.17) is 9.47 Å². The lowest BCUT2D eigenvalue weighted by atomic mass is 9.59. The third-order valence-corrected chi connectivity index (χ3v) is 4.59. The zero-order chi connectivity index (χ0) is 12.1. The molecule has 0 aromatic heterocycles. The highest BCUT2D eigenvalue weighted by Crippen LogP contribution is 2.52. The van der Waals surface area contributed by atoms with Crippen LogP contribution in [-0.2, 0) is 9.47 Å². The van der Waals surface area contributed by atoms with Gasteiger partial charge < -0.3 is 14.6 Å². The molecule has 0 aromatic carbocycles. The van der Waals surface area contributed by atoms with E-state index >= 15 is 0 Å². The van der Waals surface area contributed by atoms with Crippen LogP contribution in [0.1, 0.15) is 51.4 Å². The predicted octanol–water partition coefficient (Wildman–Crippen LogP) is 2.51. The Hall–Kier alpha value is -0.120. The predicted molar refractivity (Wildman–Crippen MR) is 67.0 cm³/mol. The molecule has 0 radical (unpaired) electrons. The molecule has 0 aromatic rings. The third-order valence-electron chi connectivity index (χ3n) is 4.59. The maximum atomic E-state index is 10.1. The molecule has 0 heterocycles. The van der Waals surface area contributed by atoms with Gasteiger partial charge in [-0.1, -0.05) is 25.7 Å². The molecule has 100 valence electrons. The van der Waals surface area contributed by atoms with Gasteiger partial charge in [-0.2, -0.15) is 0 Å². The topological polar surface area (TPSA) is 38.7 Å². The van der Waals surface area contributed by atoms with Crippen molar-refractivity contribution in [1.29, 1.82) is 0 Å². The van der Waals surface area contributed by atoms with Crippen molar-refractivity contribution in [3.8, 4) is 0 Å². The minimum Gasteiger partial charge on any atom is -0.392 e. The molecule has 0 saturated heterocycles. The van der Waals surface area contributed by atoms with Gasteiger partial charge in [0.25, 0.3) is 0 Å². The Morgan fingerprint density at radius 2 is 1.82 bits per heavy atom. The minimum atomic E-state index is -0.118. The average molecular weight is 242 g/mol. The summed E-state index contributed by atoms with van der Waals surface area (Å²) in [5.41, 5.74) is 0.101. The molecule has 0 aliphatic heterocycles. The van der Waals surface area contributed by atoms with E-state index in [-0.39, 0.29) is 11.5 Å². The highest BCUT2D eigenvalue weighted by Gasteiger charge is 2.54. The molecule has 1 spiro atoms. The van der Waals surface area contributed by atoms with Crippen molar-refractivity contribution in [2.75, 3.05) is 20.3 Å². The van der Waals surface area contributed by atoms with E-state index < -0.39 is 0 Å². The lowest BCUT2D eigenvalue weighted by Gasteiger charge is -2.53. The van der Waals surface area contributed by atoms with Gasteiger partial charge in [-0.3, -0.25) is 0 Å². The van der Waals surface area contributed by atoms with E-state index in [9.17, 15) is 5.11 Å². The monoisotopic (exact) mass is 242 g/mol. The highest BCUT2D eigenvalue weighted by molar-refractivity contribution is 5.04. The van der Waals surface area contributed by atoms with Crippen molar-refractivity contribution in [2.45, 2.75) is 63.6 Å². The average Bonchev–Trinajstić information content (AvgIpc) is 2.60. The fraction of sp³-hybridized carbons (Fsp3) is 1.00. The van der Waals surface area contributed by atoms with E-state index in [2.05, 4.69) is 0 Å². The second-order valence-corrected chi connectivity index (χ2v) is 5.60. The molecule has 2 aliphatic carbocycles. The Balaban J connectivity index is 1.81. The SMILES string of the molecule is COCCCOC1CC(O)C12CCCCCC2. The minimum absolute atomic E-state index is 0.101. The number of hydrogen-bond acceptors (Lipinski definition) is 3. The molecule has 2 aliphatic rings. The lowest BCUT2D eigenvalue weighted by Crippen LogP contribution is -2.58. The maximum Gasteiger partial charge on any atom is 0.0680 e. The van der Waals surface area contributed by atoms with Crippen LogP contribution in [0.4, 0.5) is 0 Å². The smallest absolute Gasteiger partial charge is 0.0680 e. The summed E-state index contributed by atoms with van der Waals surface area (Å²) < 4.78 is 11.0. The summed E-state index contributed by atoms with van der Waals surface area (Å²) in [7, 11) is 1.72. The van der Waals surface area contributed by atoms with Crippen molar-refractivity contribution in [3.05, 3.63) is 0 Å². The third kappa shape index (κ3) is 2.83. The van der Waals surface area contributed by atoms with Gasteiger partial charge in [0.1, 0.15) is 0 Å². The summed E-state index contributed by atoms with van der Waals surface area (Å²) in [5.74, 6) is 0. The molecule has 2 fully saturated rings. The van der Waals surface area contributed by atoms with Crippen molar-refractivity contribution < 1.29 is 14.6 Å². The van der Waals surface area contributed by atoms with Gasteiger partial charge >= 0.3 is 0 Å². The van der Waals surface area contributed by atoms with Crippen molar-refractivity contribution in [2.24, 2.45) is 5.41 Å². The molecule has 0 amide bonds. The van der Waals surface area contributed by atoms with Gasteiger partial charge in [0.2, 0.25) is 0 Å². The number of ether oxygens (including phenoxy) is 2. The number of methoxy groups -OCH3 is 1. The number of hydrogen-bond donors (Lipinski definition) is 1.